The number of carbonyl (C=O) groups is 1. The minimum absolute atomic E-state index is 0.0480. The topological polar surface area (TPSA) is 50.2 Å². The number of likely N-dealkylation sites (tertiary alicyclic amines) is 1. The van der Waals surface area contributed by atoms with Gasteiger partial charge in [0.2, 0.25) is 0 Å². The van der Waals surface area contributed by atoms with Crippen LogP contribution in [0.2, 0.25) is 5.02 Å². The Morgan fingerprint density at radius 1 is 1.25 bits per heavy atom. The lowest BCUT2D eigenvalue weighted by Crippen LogP contribution is -2.45. The number of rotatable bonds is 2. The van der Waals surface area contributed by atoms with Gasteiger partial charge in [0, 0.05) is 36.5 Å². The smallest absolute Gasteiger partial charge is 0.317 e. The minimum Gasteiger partial charge on any atom is -0.334 e. The van der Waals surface area contributed by atoms with Gasteiger partial charge in [0.25, 0.3) is 0 Å². The van der Waals surface area contributed by atoms with Gasteiger partial charge in [-0.25, -0.2) is 9.78 Å². The van der Waals surface area contributed by atoms with E-state index in [-0.39, 0.29) is 12.1 Å². The first-order valence-corrected chi connectivity index (χ1v) is 8.90. The van der Waals surface area contributed by atoms with Crippen molar-refractivity contribution in [3.05, 3.63) is 53.1 Å². The molecule has 0 unspecified atom stereocenters. The Kier molecular flexibility index (Phi) is 4.19. The average molecular weight is 345 g/mol. The molecule has 2 aromatic rings. The van der Waals surface area contributed by atoms with Gasteiger partial charge in [0.15, 0.2) is 0 Å². The van der Waals surface area contributed by atoms with Gasteiger partial charge in [-0.15, -0.1) is 0 Å². The maximum Gasteiger partial charge on any atom is 0.317 e. The quantitative estimate of drug-likeness (QED) is 0.905. The van der Waals surface area contributed by atoms with Gasteiger partial charge in [-0.05, 0) is 48.9 Å². The molecule has 24 heavy (non-hydrogen) atoms. The Morgan fingerprint density at radius 3 is 2.83 bits per heavy atom. The number of halogens is 1. The number of urea groups is 1. The van der Waals surface area contributed by atoms with Crippen LogP contribution < -0.4 is 5.32 Å². The van der Waals surface area contributed by atoms with Crippen molar-refractivity contribution in [1.82, 2.24) is 19.8 Å². The van der Waals surface area contributed by atoms with Crippen LogP contribution in [0.5, 0.6) is 0 Å². The maximum atomic E-state index is 12.6. The highest BCUT2D eigenvalue weighted by atomic mass is 35.5. The second kappa shape index (κ2) is 6.48. The van der Waals surface area contributed by atoms with Crippen LogP contribution in [0.15, 0.2) is 36.9 Å². The number of nitrogens with zero attached hydrogens (tertiary/aromatic N) is 3. The largest absolute Gasteiger partial charge is 0.334 e. The number of nitrogens with one attached hydrogen (secondary N) is 1. The summed E-state index contributed by atoms with van der Waals surface area (Å²) in [4.78, 5) is 18.6. The number of hydrogen-bond donors (Lipinski definition) is 1. The standard InChI is InChI=1S/C18H21ClN4O/c19-14-2-3-16-13(11-14)1-4-17(16)21-18(24)22-8-5-15(6-9-22)23-10-7-20-12-23/h2-3,7,10-12,15,17H,1,4-6,8-9H2,(H,21,24)/t17-/m0/s1. The van der Waals surface area contributed by atoms with Gasteiger partial charge in [0.1, 0.15) is 0 Å². The summed E-state index contributed by atoms with van der Waals surface area (Å²) in [6, 6.07) is 6.57. The number of benzene rings is 1. The molecule has 1 aliphatic carbocycles. The van der Waals surface area contributed by atoms with Crippen LogP contribution in [-0.2, 0) is 6.42 Å². The van der Waals surface area contributed by atoms with Crippen LogP contribution in [-0.4, -0.2) is 33.6 Å². The van der Waals surface area contributed by atoms with Crippen LogP contribution >= 0.6 is 11.6 Å². The molecule has 6 heteroatoms. The van der Waals surface area contributed by atoms with E-state index in [1.807, 2.05) is 41.8 Å². The van der Waals surface area contributed by atoms with E-state index in [9.17, 15) is 4.79 Å². The first kappa shape index (κ1) is 15.5. The molecule has 2 amide bonds. The fourth-order valence-electron chi connectivity index (χ4n) is 3.83. The van der Waals surface area contributed by atoms with E-state index in [0.717, 1.165) is 43.8 Å². The molecule has 0 saturated carbocycles. The molecule has 2 heterocycles. The van der Waals surface area contributed by atoms with Gasteiger partial charge in [-0.1, -0.05) is 17.7 Å². The molecule has 0 bridgehead atoms. The van der Waals surface area contributed by atoms with Crippen molar-refractivity contribution in [1.29, 1.82) is 0 Å². The van der Waals surface area contributed by atoms with Crippen LogP contribution in [0.25, 0.3) is 0 Å². The number of carbonyl (C=O) groups excluding carboxylic acids is 1. The van der Waals surface area contributed by atoms with Gasteiger partial charge in [-0.3, -0.25) is 0 Å². The summed E-state index contributed by atoms with van der Waals surface area (Å²) in [7, 11) is 0. The van der Waals surface area contributed by atoms with Gasteiger partial charge in [0.05, 0.1) is 12.4 Å². The molecule has 2 aliphatic rings. The molecule has 1 fully saturated rings. The predicted molar refractivity (Wildman–Crippen MR) is 93.1 cm³/mol. The van der Waals surface area contributed by atoms with Gasteiger partial charge < -0.3 is 14.8 Å². The minimum atomic E-state index is 0.0480. The molecule has 1 N–H and O–H groups in total. The van der Waals surface area contributed by atoms with E-state index in [1.165, 1.54) is 11.1 Å². The number of amides is 2. The summed E-state index contributed by atoms with van der Waals surface area (Å²) in [6.45, 7) is 1.57. The number of fused-ring (bicyclic) bond motifs is 1. The van der Waals surface area contributed by atoms with Crippen molar-refractivity contribution in [2.24, 2.45) is 0 Å². The summed E-state index contributed by atoms with van der Waals surface area (Å²) in [5.41, 5.74) is 2.47. The molecule has 0 radical (unpaired) electrons. The monoisotopic (exact) mass is 344 g/mol. The molecule has 1 saturated heterocycles. The van der Waals surface area contributed by atoms with Crippen molar-refractivity contribution >= 4 is 17.6 Å². The highest BCUT2D eigenvalue weighted by Gasteiger charge is 2.28. The van der Waals surface area contributed by atoms with Crippen molar-refractivity contribution < 1.29 is 4.79 Å². The molecule has 5 nitrogen and oxygen atoms in total. The molecule has 1 atom stereocenters. The Balaban J connectivity index is 1.35. The van der Waals surface area contributed by atoms with Crippen molar-refractivity contribution in [2.75, 3.05) is 13.1 Å². The second-order valence-electron chi connectivity index (χ2n) is 6.61. The van der Waals surface area contributed by atoms with Crippen LogP contribution in [0.4, 0.5) is 4.79 Å². The third-order valence-electron chi connectivity index (χ3n) is 5.18. The number of aryl methyl sites for hydroxylation is 1. The first-order valence-electron chi connectivity index (χ1n) is 8.52. The summed E-state index contributed by atoms with van der Waals surface area (Å²) in [5.74, 6) is 0. The summed E-state index contributed by atoms with van der Waals surface area (Å²) in [6.07, 6.45) is 9.54. The molecule has 1 aromatic carbocycles. The van der Waals surface area contributed by atoms with E-state index >= 15 is 0 Å². The van der Waals surface area contributed by atoms with Crippen molar-refractivity contribution in [3.8, 4) is 0 Å². The Morgan fingerprint density at radius 2 is 2.08 bits per heavy atom. The van der Waals surface area contributed by atoms with E-state index in [2.05, 4.69) is 14.9 Å². The lowest BCUT2D eigenvalue weighted by molar-refractivity contribution is 0.168. The molecule has 0 spiro atoms. The average Bonchev–Trinajstić information content (AvgIpc) is 3.25. The fraction of sp³-hybridized carbons (Fsp3) is 0.444. The summed E-state index contributed by atoms with van der Waals surface area (Å²) < 4.78 is 2.15. The number of imidazole rings is 1. The zero-order valence-electron chi connectivity index (χ0n) is 13.5. The third-order valence-corrected chi connectivity index (χ3v) is 5.41. The molecule has 1 aliphatic heterocycles. The van der Waals surface area contributed by atoms with Gasteiger partial charge in [-0.2, -0.15) is 0 Å². The van der Waals surface area contributed by atoms with Crippen LogP contribution in [0.3, 0.4) is 0 Å². The molecule has 126 valence electrons. The van der Waals surface area contributed by atoms with Crippen molar-refractivity contribution in [3.63, 3.8) is 0 Å². The normalized spacial score (nSPS) is 20.9. The van der Waals surface area contributed by atoms with E-state index in [4.69, 9.17) is 11.6 Å². The molecular weight excluding hydrogens is 324 g/mol. The summed E-state index contributed by atoms with van der Waals surface area (Å²) in [5, 5.41) is 3.96. The lowest BCUT2D eigenvalue weighted by Gasteiger charge is -2.33. The molecule has 4 rings (SSSR count). The zero-order chi connectivity index (χ0) is 16.5. The molecule has 1 aromatic heterocycles. The van der Waals surface area contributed by atoms with Crippen LogP contribution in [0.1, 0.15) is 42.5 Å². The zero-order valence-corrected chi connectivity index (χ0v) is 14.2. The molecular formula is C18H21ClN4O. The Bertz CT molecular complexity index is 723. The van der Waals surface area contributed by atoms with E-state index in [1.54, 1.807) is 0 Å². The second-order valence-corrected chi connectivity index (χ2v) is 7.05. The fourth-order valence-corrected chi connectivity index (χ4v) is 4.02. The predicted octanol–water partition coefficient (Wildman–Crippen LogP) is 3.57. The SMILES string of the molecule is O=C(N[C@H]1CCc2cc(Cl)ccc21)N1CCC(n2ccnc2)CC1. The van der Waals surface area contributed by atoms with E-state index in [0.29, 0.717) is 6.04 Å². The number of piperidine rings is 1. The maximum absolute atomic E-state index is 12.6. The van der Waals surface area contributed by atoms with Gasteiger partial charge >= 0.3 is 6.03 Å². The van der Waals surface area contributed by atoms with E-state index < -0.39 is 0 Å². The highest BCUT2D eigenvalue weighted by Crippen LogP contribution is 2.33. The summed E-state index contributed by atoms with van der Waals surface area (Å²) >= 11 is 6.05. The third kappa shape index (κ3) is 3.00. The number of hydrogen-bond acceptors (Lipinski definition) is 2. The highest BCUT2D eigenvalue weighted by molar-refractivity contribution is 6.30. The lowest BCUT2D eigenvalue weighted by atomic mass is 10.1. The Labute approximate surface area is 146 Å². The number of aromatic nitrogens is 2. The Hall–Kier alpha value is -2.01. The van der Waals surface area contributed by atoms with Crippen molar-refractivity contribution in [2.45, 2.75) is 37.8 Å². The van der Waals surface area contributed by atoms with Crippen LogP contribution in [0, 0.1) is 0 Å². The first-order chi connectivity index (χ1) is 11.7.